The monoisotopic (exact) mass is 449 g/mol. The SMILES string of the molecule is CC(O)c1cnc(Nc2cc3ncccc3c(NC3CC4CCC(C3)N4CCC#N)n2)s1. The number of anilines is 3. The molecule has 5 heterocycles. The number of rotatable bonds is 7. The van der Waals surface area contributed by atoms with Crippen LogP contribution in [0.25, 0.3) is 10.9 Å². The highest BCUT2D eigenvalue weighted by molar-refractivity contribution is 7.15. The number of hydrogen-bond donors (Lipinski definition) is 3. The van der Waals surface area contributed by atoms with Gasteiger partial charge in [0.15, 0.2) is 5.13 Å². The molecule has 3 aromatic heterocycles. The third kappa shape index (κ3) is 4.26. The number of fused-ring (bicyclic) bond motifs is 3. The Morgan fingerprint density at radius 3 is 2.84 bits per heavy atom. The number of piperidine rings is 1. The minimum atomic E-state index is -0.541. The van der Waals surface area contributed by atoms with E-state index in [1.54, 1.807) is 19.3 Å². The summed E-state index contributed by atoms with van der Waals surface area (Å²) >= 11 is 1.42. The van der Waals surface area contributed by atoms with Gasteiger partial charge in [-0.3, -0.25) is 9.88 Å². The average Bonchev–Trinajstić information content (AvgIpc) is 3.34. The van der Waals surface area contributed by atoms with Crippen LogP contribution in [0.15, 0.2) is 30.6 Å². The maximum Gasteiger partial charge on any atom is 0.188 e. The normalized spacial score (nSPS) is 23.7. The second-order valence-corrected chi connectivity index (χ2v) is 9.70. The molecule has 8 nitrogen and oxygen atoms in total. The molecule has 0 spiro atoms. The molecule has 0 aliphatic carbocycles. The lowest BCUT2D eigenvalue weighted by Gasteiger charge is -2.39. The summed E-state index contributed by atoms with van der Waals surface area (Å²) in [5, 5.41) is 27.4. The van der Waals surface area contributed by atoms with E-state index in [2.05, 4.69) is 31.6 Å². The summed E-state index contributed by atoms with van der Waals surface area (Å²) in [7, 11) is 0. The lowest BCUT2D eigenvalue weighted by molar-refractivity contribution is 0.136. The third-order valence-corrected chi connectivity index (χ3v) is 7.56. The summed E-state index contributed by atoms with van der Waals surface area (Å²) in [6.07, 6.45) is 8.08. The number of nitrogens with one attached hydrogen (secondary N) is 2. The lowest BCUT2D eigenvalue weighted by Crippen LogP contribution is -2.47. The molecule has 3 aromatic rings. The number of thiazole rings is 1. The first-order chi connectivity index (χ1) is 15.6. The number of hydrogen-bond acceptors (Lipinski definition) is 9. The van der Waals surface area contributed by atoms with Gasteiger partial charge in [0, 0.05) is 54.9 Å². The van der Waals surface area contributed by atoms with Crippen molar-refractivity contribution in [3.63, 3.8) is 0 Å². The maximum atomic E-state index is 9.77. The first kappa shape index (κ1) is 21.1. The number of aliphatic hydroxyl groups excluding tert-OH is 1. The number of aliphatic hydroxyl groups is 1. The molecule has 2 saturated heterocycles. The van der Waals surface area contributed by atoms with Crippen molar-refractivity contribution in [2.24, 2.45) is 0 Å². The van der Waals surface area contributed by atoms with Crippen LogP contribution in [0, 0.1) is 11.3 Å². The maximum absolute atomic E-state index is 9.77. The largest absolute Gasteiger partial charge is 0.388 e. The van der Waals surface area contributed by atoms with Crippen molar-refractivity contribution in [2.45, 2.75) is 63.3 Å². The second kappa shape index (κ2) is 8.98. The first-order valence-corrected chi connectivity index (χ1v) is 12.0. The Morgan fingerprint density at radius 2 is 2.12 bits per heavy atom. The molecule has 9 heteroatoms. The quantitative estimate of drug-likeness (QED) is 0.492. The molecule has 2 aliphatic heterocycles. The van der Waals surface area contributed by atoms with E-state index in [1.165, 1.54) is 24.2 Å². The van der Waals surface area contributed by atoms with Gasteiger partial charge in [0.1, 0.15) is 11.6 Å². The van der Waals surface area contributed by atoms with Gasteiger partial charge in [0.2, 0.25) is 0 Å². The summed E-state index contributed by atoms with van der Waals surface area (Å²) in [6, 6.07) is 9.63. The molecular weight excluding hydrogens is 422 g/mol. The van der Waals surface area contributed by atoms with Gasteiger partial charge < -0.3 is 15.7 Å². The van der Waals surface area contributed by atoms with Gasteiger partial charge in [-0.15, -0.1) is 0 Å². The molecule has 0 aromatic carbocycles. The topological polar surface area (TPSA) is 110 Å². The summed E-state index contributed by atoms with van der Waals surface area (Å²) < 4.78 is 0. The van der Waals surface area contributed by atoms with E-state index >= 15 is 0 Å². The molecular formula is C23H27N7OS. The van der Waals surface area contributed by atoms with Crippen LogP contribution in [0.2, 0.25) is 0 Å². The minimum Gasteiger partial charge on any atom is -0.388 e. The van der Waals surface area contributed by atoms with Crippen molar-refractivity contribution in [3.05, 3.63) is 35.5 Å². The predicted octanol–water partition coefficient (Wildman–Crippen LogP) is 4.20. The second-order valence-electron chi connectivity index (χ2n) is 8.64. The summed E-state index contributed by atoms with van der Waals surface area (Å²) in [5.41, 5.74) is 0.870. The molecule has 2 fully saturated rings. The molecule has 0 amide bonds. The van der Waals surface area contributed by atoms with Gasteiger partial charge in [-0.25, -0.2) is 9.97 Å². The zero-order valence-electron chi connectivity index (χ0n) is 18.0. The number of pyridine rings is 2. The molecule has 3 unspecified atom stereocenters. The Hall–Kier alpha value is -2.80. The highest BCUT2D eigenvalue weighted by Crippen LogP contribution is 2.37. The van der Waals surface area contributed by atoms with Gasteiger partial charge in [0.05, 0.1) is 22.6 Å². The van der Waals surface area contributed by atoms with Crippen LogP contribution in [0.5, 0.6) is 0 Å². The minimum absolute atomic E-state index is 0.346. The van der Waals surface area contributed by atoms with Crippen LogP contribution in [-0.2, 0) is 0 Å². The van der Waals surface area contributed by atoms with E-state index in [1.807, 2.05) is 18.2 Å². The lowest BCUT2D eigenvalue weighted by atomic mass is 9.97. The molecule has 3 atom stereocenters. The third-order valence-electron chi connectivity index (χ3n) is 6.48. The van der Waals surface area contributed by atoms with E-state index in [0.29, 0.717) is 35.5 Å². The van der Waals surface area contributed by atoms with Crippen LogP contribution in [-0.4, -0.2) is 49.6 Å². The molecule has 0 radical (unpaired) electrons. The zero-order valence-corrected chi connectivity index (χ0v) is 18.8. The van der Waals surface area contributed by atoms with Crippen molar-refractivity contribution in [1.29, 1.82) is 5.26 Å². The molecule has 2 aliphatic rings. The van der Waals surface area contributed by atoms with Crippen molar-refractivity contribution < 1.29 is 5.11 Å². The highest BCUT2D eigenvalue weighted by atomic mass is 32.1. The summed E-state index contributed by atoms with van der Waals surface area (Å²) in [6.45, 7) is 2.61. The Labute approximate surface area is 191 Å². The predicted molar refractivity (Wildman–Crippen MR) is 126 cm³/mol. The van der Waals surface area contributed by atoms with E-state index < -0.39 is 6.10 Å². The molecule has 32 heavy (non-hydrogen) atoms. The number of nitriles is 1. The summed E-state index contributed by atoms with van der Waals surface area (Å²) in [5.74, 6) is 1.51. The van der Waals surface area contributed by atoms with Crippen molar-refractivity contribution in [2.75, 3.05) is 17.2 Å². The van der Waals surface area contributed by atoms with Gasteiger partial charge in [-0.2, -0.15) is 5.26 Å². The van der Waals surface area contributed by atoms with Gasteiger partial charge in [-0.1, -0.05) is 11.3 Å². The van der Waals surface area contributed by atoms with Gasteiger partial charge >= 0.3 is 0 Å². The van der Waals surface area contributed by atoms with Crippen molar-refractivity contribution in [3.8, 4) is 6.07 Å². The fourth-order valence-corrected chi connectivity index (χ4v) is 5.79. The van der Waals surface area contributed by atoms with Crippen LogP contribution in [0.3, 0.4) is 0 Å². The first-order valence-electron chi connectivity index (χ1n) is 11.2. The fraction of sp³-hybridized carbons (Fsp3) is 0.478. The fourth-order valence-electron chi connectivity index (χ4n) is 5.03. The molecule has 3 N–H and O–H groups in total. The van der Waals surface area contributed by atoms with Crippen molar-refractivity contribution >= 4 is 39.0 Å². The average molecular weight is 450 g/mol. The molecule has 166 valence electrons. The number of aromatic nitrogens is 3. The van der Waals surface area contributed by atoms with Gasteiger partial charge in [-0.05, 0) is 44.7 Å². The Kier molecular flexibility index (Phi) is 5.91. The van der Waals surface area contributed by atoms with E-state index in [9.17, 15) is 5.11 Å². The Balaban J connectivity index is 1.37. The number of nitrogens with zero attached hydrogens (tertiary/aromatic N) is 5. The van der Waals surface area contributed by atoms with Crippen molar-refractivity contribution in [1.82, 2.24) is 19.9 Å². The van der Waals surface area contributed by atoms with Crippen LogP contribution < -0.4 is 10.6 Å². The van der Waals surface area contributed by atoms with E-state index in [4.69, 9.17) is 10.2 Å². The highest BCUT2D eigenvalue weighted by Gasteiger charge is 2.40. The Morgan fingerprint density at radius 1 is 1.31 bits per heavy atom. The smallest absolute Gasteiger partial charge is 0.188 e. The van der Waals surface area contributed by atoms with E-state index in [0.717, 1.165) is 41.0 Å². The summed E-state index contributed by atoms with van der Waals surface area (Å²) in [4.78, 5) is 17.1. The van der Waals surface area contributed by atoms with Crippen LogP contribution >= 0.6 is 11.3 Å². The van der Waals surface area contributed by atoms with E-state index in [-0.39, 0.29) is 0 Å². The van der Waals surface area contributed by atoms with Crippen LogP contribution in [0.4, 0.5) is 16.8 Å². The molecule has 0 saturated carbocycles. The standard InChI is InChI=1S/C23H27N7OS/c1-14(31)20-13-26-23(32-20)29-21-12-19-18(4-2-8-25-19)22(28-21)27-15-10-16-5-6-17(11-15)30(16)9-3-7-24/h2,4,8,12-17,31H,3,5-6,9-11H2,1H3,(H2,26,27,28,29). The molecule has 2 bridgehead atoms. The molecule has 5 rings (SSSR count). The Bertz CT molecular complexity index is 1130. The van der Waals surface area contributed by atoms with Gasteiger partial charge in [0.25, 0.3) is 0 Å². The zero-order chi connectivity index (χ0) is 22.1. The van der Waals surface area contributed by atoms with Crippen LogP contribution in [0.1, 0.15) is 50.0 Å².